The molecule has 1 heterocycles. The molecule has 1 aliphatic heterocycles. The van der Waals surface area contributed by atoms with Gasteiger partial charge in [0.1, 0.15) is 6.61 Å². The van der Waals surface area contributed by atoms with E-state index in [1.165, 1.54) is 4.31 Å². The highest BCUT2D eigenvalue weighted by molar-refractivity contribution is 7.89. The number of likely N-dealkylation sites (tertiary alicyclic amines) is 1. The molecule has 1 N–H and O–H groups in total. The summed E-state index contributed by atoms with van der Waals surface area (Å²) < 4.78 is 33.7. The third-order valence-corrected chi connectivity index (χ3v) is 9.70. The van der Waals surface area contributed by atoms with Crippen LogP contribution < -0.4 is 5.32 Å². The van der Waals surface area contributed by atoms with Crippen molar-refractivity contribution < 1.29 is 17.9 Å². The summed E-state index contributed by atoms with van der Waals surface area (Å²) in [6.07, 6.45) is 3.32. The zero-order valence-electron chi connectivity index (χ0n) is 24.2. The molecule has 0 saturated carbocycles. The molecule has 1 unspecified atom stereocenters. The maximum atomic E-state index is 13.3. The minimum atomic E-state index is -3.59. The summed E-state index contributed by atoms with van der Waals surface area (Å²) in [5.41, 5.74) is 2.12. The van der Waals surface area contributed by atoms with E-state index in [-0.39, 0.29) is 24.0 Å². The predicted molar refractivity (Wildman–Crippen MR) is 163 cm³/mol. The number of piperidine rings is 1. The number of esters is 1. The Kier molecular flexibility index (Phi) is 11.5. The van der Waals surface area contributed by atoms with Gasteiger partial charge in [0.25, 0.3) is 0 Å². The van der Waals surface area contributed by atoms with Crippen molar-refractivity contribution in [3.05, 3.63) is 102 Å². The minimum Gasteiger partial charge on any atom is -0.461 e. The molecule has 41 heavy (non-hydrogen) atoms. The van der Waals surface area contributed by atoms with Crippen LogP contribution in [0.3, 0.4) is 0 Å². The number of benzene rings is 3. The minimum absolute atomic E-state index is 0.0278. The number of carbonyl (C=O) groups is 1. The Balaban J connectivity index is 1.41. The first-order valence-corrected chi connectivity index (χ1v) is 16.1. The van der Waals surface area contributed by atoms with Gasteiger partial charge in [0.2, 0.25) is 10.0 Å². The first-order valence-electron chi connectivity index (χ1n) is 14.6. The molecular formula is C33H43N3O4S. The summed E-state index contributed by atoms with van der Waals surface area (Å²) in [5, 5.41) is 3.64. The Morgan fingerprint density at radius 1 is 1.00 bits per heavy atom. The van der Waals surface area contributed by atoms with Crippen molar-refractivity contribution in [3.8, 4) is 0 Å². The van der Waals surface area contributed by atoms with Gasteiger partial charge in [0.05, 0.1) is 17.0 Å². The van der Waals surface area contributed by atoms with E-state index in [0.29, 0.717) is 24.5 Å². The second-order valence-corrected chi connectivity index (χ2v) is 12.9. The molecule has 8 heteroatoms. The van der Waals surface area contributed by atoms with Crippen molar-refractivity contribution in [1.82, 2.24) is 14.5 Å². The van der Waals surface area contributed by atoms with E-state index in [1.807, 2.05) is 54.6 Å². The van der Waals surface area contributed by atoms with E-state index in [9.17, 15) is 13.2 Å². The topological polar surface area (TPSA) is 79.0 Å². The summed E-state index contributed by atoms with van der Waals surface area (Å²) >= 11 is 0. The van der Waals surface area contributed by atoms with Crippen molar-refractivity contribution in [1.29, 1.82) is 0 Å². The van der Waals surface area contributed by atoms with Crippen LogP contribution >= 0.6 is 0 Å². The average molecular weight is 578 g/mol. The van der Waals surface area contributed by atoms with Crippen molar-refractivity contribution in [3.63, 3.8) is 0 Å². The van der Waals surface area contributed by atoms with Gasteiger partial charge in [-0.15, -0.1) is 0 Å². The number of hydrogen-bond donors (Lipinski definition) is 1. The Hall–Kier alpha value is -3.04. The Morgan fingerprint density at radius 2 is 1.63 bits per heavy atom. The van der Waals surface area contributed by atoms with E-state index >= 15 is 0 Å². The molecular weight excluding hydrogens is 534 g/mol. The third kappa shape index (κ3) is 8.72. The number of carbonyl (C=O) groups excluding carboxylic acids is 1. The third-order valence-electron chi connectivity index (χ3n) is 7.87. The fourth-order valence-electron chi connectivity index (χ4n) is 5.46. The zero-order chi connectivity index (χ0) is 29.1. The lowest BCUT2D eigenvalue weighted by molar-refractivity contribution is -0.152. The van der Waals surface area contributed by atoms with E-state index in [0.717, 1.165) is 50.0 Å². The molecule has 0 aliphatic carbocycles. The van der Waals surface area contributed by atoms with Crippen LogP contribution in [-0.2, 0) is 26.2 Å². The fourth-order valence-corrected chi connectivity index (χ4v) is 6.69. The Bertz CT molecular complexity index is 1310. The van der Waals surface area contributed by atoms with Gasteiger partial charge in [-0.3, -0.25) is 9.69 Å². The number of ether oxygens (including phenoxy) is 1. The number of sulfonamides is 1. The van der Waals surface area contributed by atoms with Crippen LogP contribution in [0.4, 0.5) is 0 Å². The summed E-state index contributed by atoms with van der Waals surface area (Å²) in [6.45, 7) is 5.27. The van der Waals surface area contributed by atoms with Gasteiger partial charge in [-0.2, -0.15) is 0 Å². The van der Waals surface area contributed by atoms with E-state index in [2.05, 4.69) is 29.3 Å². The molecule has 0 amide bonds. The molecule has 0 aromatic heterocycles. The van der Waals surface area contributed by atoms with Crippen molar-refractivity contribution in [2.75, 3.05) is 33.2 Å². The standard InChI is InChI=1S/C33H43N3O4S/c1-3-21-34-32-24-29(33(37)40-26-27-13-7-4-8-14-27)19-22-36(32)23-20-30(28-15-9-5-10-16-28)25-35(2)41(38,39)31-17-11-6-12-18-31/h4-18,29-30,32,34H,3,19-26H2,1-2H3/t29?,30-,32-/m0/s1. The van der Waals surface area contributed by atoms with Gasteiger partial charge in [-0.05, 0) is 61.4 Å². The summed E-state index contributed by atoms with van der Waals surface area (Å²) in [5.74, 6) is -0.247. The molecule has 3 aromatic carbocycles. The van der Waals surface area contributed by atoms with Gasteiger partial charge in [-0.1, -0.05) is 85.8 Å². The second kappa shape index (κ2) is 15.3. The number of nitrogens with one attached hydrogen (secondary N) is 1. The van der Waals surface area contributed by atoms with E-state index in [1.54, 1.807) is 31.3 Å². The molecule has 1 saturated heterocycles. The number of nitrogens with zero attached hydrogens (tertiary/aromatic N) is 2. The summed E-state index contributed by atoms with van der Waals surface area (Å²) in [6, 6.07) is 28.5. The molecule has 3 atom stereocenters. The van der Waals surface area contributed by atoms with Gasteiger partial charge in [-0.25, -0.2) is 12.7 Å². The SMILES string of the molecule is CCCN[C@@H]1CC(C(=O)OCc2ccccc2)CCN1CC[C@@H](CN(C)S(=O)(=O)c1ccccc1)c1ccccc1. The lowest BCUT2D eigenvalue weighted by Gasteiger charge is -2.40. The van der Waals surface area contributed by atoms with Gasteiger partial charge in [0, 0.05) is 26.7 Å². The van der Waals surface area contributed by atoms with E-state index in [4.69, 9.17) is 4.74 Å². The van der Waals surface area contributed by atoms with Gasteiger partial charge in [0.15, 0.2) is 0 Å². The number of likely N-dealkylation sites (N-methyl/N-ethyl adjacent to an activating group) is 1. The van der Waals surface area contributed by atoms with Crippen LogP contribution in [0, 0.1) is 5.92 Å². The normalized spacial score (nSPS) is 18.7. The van der Waals surface area contributed by atoms with Crippen LogP contribution in [0.2, 0.25) is 0 Å². The molecule has 220 valence electrons. The summed E-state index contributed by atoms with van der Waals surface area (Å²) in [4.78, 5) is 15.7. The van der Waals surface area contributed by atoms with E-state index < -0.39 is 10.0 Å². The second-order valence-electron chi connectivity index (χ2n) is 10.8. The molecule has 0 radical (unpaired) electrons. The lowest BCUT2D eigenvalue weighted by Crippen LogP contribution is -2.52. The summed E-state index contributed by atoms with van der Waals surface area (Å²) in [7, 11) is -1.93. The highest BCUT2D eigenvalue weighted by atomic mass is 32.2. The van der Waals surface area contributed by atoms with Crippen molar-refractivity contribution >= 4 is 16.0 Å². The van der Waals surface area contributed by atoms with Crippen LogP contribution in [-0.4, -0.2) is 63.0 Å². The van der Waals surface area contributed by atoms with Gasteiger partial charge < -0.3 is 10.1 Å². The molecule has 4 rings (SSSR count). The quantitative estimate of drug-likeness (QED) is 0.263. The van der Waals surface area contributed by atoms with Crippen molar-refractivity contribution in [2.24, 2.45) is 5.92 Å². The number of hydrogen-bond acceptors (Lipinski definition) is 6. The van der Waals surface area contributed by atoms with Crippen LogP contribution in [0.15, 0.2) is 95.9 Å². The molecule has 1 fully saturated rings. The fraction of sp³-hybridized carbons (Fsp3) is 0.424. The first kappa shape index (κ1) is 30.9. The first-order chi connectivity index (χ1) is 19.9. The average Bonchev–Trinajstić information content (AvgIpc) is 3.02. The zero-order valence-corrected chi connectivity index (χ0v) is 25.0. The monoisotopic (exact) mass is 577 g/mol. The molecule has 7 nitrogen and oxygen atoms in total. The Morgan fingerprint density at radius 3 is 2.29 bits per heavy atom. The predicted octanol–water partition coefficient (Wildman–Crippen LogP) is 5.26. The highest BCUT2D eigenvalue weighted by Crippen LogP contribution is 2.28. The van der Waals surface area contributed by atoms with Crippen LogP contribution in [0.1, 0.15) is 49.7 Å². The smallest absolute Gasteiger partial charge is 0.309 e. The van der Waals surface area contributed by atoms with Crippen LogP contribution in [0.5, 0.6) is 0 Å². The van der Waals surface area contributed by atoms with Gasteiger partial charge >= 0.3 is 5.97 Å². The molecule has 3 aromatic rings. The lowest BCUT2D eigenvalue weighted by atomic mass is 9.92. The molecule has 1 aliphatic rings. The van der Waals surface area contributed by atoms with Crippen LogP contribution in [0.25, 0.3) is 0 Å². The molecule has 0 spiro atoms. The Labute approximate surface area is 245 Å². The maximum Gasteiger partial charge on any atom is 0.309 e. The highest BCUT2D eigenvalue weighted by Gasteiger charge is 2.33. The van der Waals surface area contributed by atoms with Crippen molar-refractivity contribution in [2.45, 2.75) is 56.2 Å². The largest absolute Gasteiger partial charge is 0.461 e. The maximum absolute atomic E-state index is 13.3. The molecule has 0 bridgehead atoms. The number of rotatable bonds is 14.